The van der Waals surface area contributed by atoms with Crippen LogP contribution in [0.3, 0.4) is 0 Å². The molecule has 2 saturated heterocycles. The quantitative estimate of drug-likeness (QED) is 0.367. The van der Waals surface area contributed by atoms with Crippen LogP contribution in [0.5, 0.6) is 5.75 Å². The van der Waals surface area contributed by atoms with Crippen molar-refractivity contribution < 1.29 is 24.2 Å². The van der Waals surface area contributed by atoms with E-state index in [1.54, 1.807) is 4.90 Å². The van der Waals surface area contributed by atoms with Crippen LogP contribution in [-0.4, -0.2) is 134 Å². The molecule has 0 aliphatic carbocycles. The fourth-order valence-electron chi connectivity index (χ4n) is 6.62. The third-order valence-electron chi connectivity index (χ3n) is 8.89. The first-order valence-electron chi connectivity index (χ1n) is 15.3. The molecule has 3 amide bonds. The Morgan fingerprint density at radius 1 is 1.12 bits per heavy atom. The Balaban J connectivity index is 1.56. The average molecular weight is 572 g/mol. The molecule has 3 atom stereocenters. The molecule has 0 spiro atoms. The van der Waals surface area contributed by atoms with E-state index in [2.05, 4.69) is 22.8 Å². The fourth-order valence-corrected chi connectivity index (χ4v) is 6.62. The van der Waals surface area contributed by atoms with Gasteiger partial charge in [-0.25, -0.2) is 4.79 Å². The fraction of sp³-hybridized carbons (Fsp3) is 0.710. The molecule has 1 N–H and O–H groups in total. The molecule has 3 aliphatic rings. The van der Waals surface area contributed by atoms with Gasteiger partial charge in [0.05, 0.1) is 19.1 Å². The van der Waals surface area contributed by atoms with E-state index in [1.165, 1.54) is 0 Å². The Hall–Kier alpha value is -2.85. The van der Waals surface area contributed by atoms with Crippen molar-refractivity contribution in [2.75, 3.05) is 80.1 Å². The second-order valence-electron chi connectivity index (χ2n) is 12.2. The Labute approximate surface area is 245 Å². The van der Waals surface area contributed by atoms with E-state index in [4.69, 9.17) is 4.74 Å². The van der Waals surface area contributed by atoms with E-state index in [0.29, 0.717) is 45.8 Å². The molecule has 0 radical (unpaired) electrons. The van der Waals surface area contributed by atoms with Gasteiger partial charge in [-0.05, 0) is 63.5 Å². The van der Waals surface area contributed by atoms with E-state index < -0.39 is 11.9 Å². The highest BCUT2D eigenvalue weighted by molar-refractivity contribution is 5.79. The molecule has 1 aromatic carbocycles. The standard InChI is InChI=1S/C31H49N5O5/c1-5-6-15-34(16-7-13-32(2)3)28(37)22-36-21-25(23-9-10-27-24(20-23)12-19-41-27)29(30(38)39)26(36)11-18-35-17-8-14-33(4)31(35)40/h9-10,20,25-26,29H,5-8,11-19,21-22H2,1-4H3,(H,38,39)/t25-,26+,29-/m1/s1. The van der Waals surface area contributed by atoms with Gasteiger partial charge in [0.15, 0.2) is 0 Å². The normalized spacial score (nSPS) is 22.8. The van der Waals surface area contributed by atoms with E-state index in [0.717, 1.165) is 62.1 Å². The summed E-state index contributed by atoms with van der Waals surface area (Å²) >= 11 is 0. The van der Waals surface area contributed by atoms with E-state index in [-0.39, 0.29) is 30.4 Å². The first kappa shape index (κ1) is 31.1. The number of urea groups is 1. The van der Waals surface area contributed by atoms with Gasteiger partial charge in [-0.3, -0.25) is 14.5 Å². The summed E-state index contributed by atoms with van der Waals surface area (Å²) in [5.41, 5.74) is 2.11. The molecule has 0 unspecified atom stereocenters. The Bertz CT molecular complexity index is 1070. The van der Waals surface area contributed by atoms with Gasteiger partial charge in [0.1, 0.15) is 5.75 Å². The van der Waals surface area contributed by atoms with Crippen molar-refractivity contribution in [2.24, 2.45) is 5.92 Å². The smallest absolute Gasteiger partial charge is 0.319 e. The van der Waals surface area contributed by atoms with Crippen molar-refractivity contribution in [1.29, 1.82) is 0 Å². The van der Waals surface area contributed by atoms with Crippen LogP contribution < -0.4 is 4.74 Å². The van der Waals surface area contributed by atoms with E-state index in [1.807, 2.05) is 43.1 Å². The molecule has 2 fully saturated rings. The number of hydrogen-bond acceptors (Lipinski definition) is 6. The first-order valence-corrected chi connectivity index (χ1v) is 15.3. The van der Waals surface area contributed by atoms with Crippen LogP contribution in [-0.2, 0) is 16.0 Å². The minimum atomic E-state index is -0.845. The van der Waals surface area contributed by atoms with Gasteiger partial charge >= 0.3 is 12.0 Å². The van der Waals surface area contributed by atoms with Gasteiger partial charge < -0.3 is 29.4 Å². The summed E-state index contributed by atoms with van der Waals surface area (Å²) in [7, 11) is 5.88. The molecule has 0 saturated carbocycles. The van der Waals surface area contributed by atoms with Crippen LogP contribution >= 0.6 is 0 Å². The highest BCUT2D eigenvalue weighted by Gasteiger charge is 2.47. The summed E-state index contributed by atoms with van der Waals surface area (Å²) in [5.74, 6) is -0.822. The second kappa shape index (κ2) is 14.4. The SMILES string of the molecule is CCCCN(CCCN(C)C)C(=O)CN1C[C@H](c2ccc3c(c2)CCO3)[C@@H](C(=O)O)[C@@H]1CCN1CCCN(C)C1=O. The Morgan fingerprint density at radius 3 is 2.63 bits per heavy atom. The maximum atomic E-state index is 13.7. The predicted molar refractivity (Wildman–Crippen MR) is 158 cm³/mol. The lowest BCUT2D eigenvalue weighted by Crippen LogP contribution is -2.50. The van der Waals surface area contributed by atoms with Gasteiger partial charge in [0, 0.05) is 64.7 Å². The lowest BCUT2D eigenvalue weighted by Gasteiger charge is -2.35. The molecular formula is C31H49N5O5. The molecule has 41 heavy (non-hydrogen) atoms. The summed E-state index contributed by atoms with van der Waals surface area (Å²) in [6, 6.07) is 5.69. The molecule has 3 heterocycles. The number of amides is 3. The molecule has 10 heteroatoms. The third kappa shape index (κ3) is 7.71. The van der Waals surface area contributed by atoms with Gasteiger partial charge in [0.2, 0.25) is 5.91 Å². The van der Waals surface area contributed by atoms with Crippen molar-refractivity contribution in [3.63, 3.8) is 0 Å². The average Bonchev–Trinajstić information content (AvgIpc) is 3.55. The Morgan fingerprint density at radius 2 is 1.90 bits per heavy atom. The summed E-state index contributed by atoms with van der Waals surface area (Å²) in [4.78, 5) is 49.1. The molecule has 0 aromatic heterocycles. The lowest BCUT2D eigenvalue weighted by atomic mass is 9.83. The molecule has 1 aromatic rings. The zero-order chi connectivity index (χ0) is 29.5. The number of ether oxygens (including phenoxy) is 1. The summed E-state index contributed by atoms with van der Waals surface area (Å²) in [6.07, 6.45) is 5.09. The molecule has 0 bridgehead atoms. The molecule has 228 valence electrons. The van der Waals surface area contributed by atoms with E-state index in [9.17, 15) is 19.5 Å². The van der Waals surface area contributed by atoms with Gasteiger partial charge in [-0.15, -0.1) is 0 Å². The lowest BCUT2D eigenvalue weighted by molar-refractivity contribution is -0.144. The van der Waals surface area contributed by atoms with Gasteiger partial charge in [-0.2, -0.15) is 0 Å². The molecule has 3 aliphatic heterocycles. The van der Waals surface area contributed by atoms with Crippen molar-refractivity contribution in [1.82, 2.24) is 24.5 Å². The van der Waals surface area contributed by atoms with Gasteiger partial charge in [0.25, 0.3) is 0 Å². The zero-order valence-electron chi connectivity index (χ0n) is 25.4. The number of rotatable bonds is 14. The van der Waals surface area contributed by atoms with Crippen LogP contribution in [0.1, 0.15) is 56.1 Å². The summed E-state index contributed by atoms with van der Waals surface area (Å²) in [5, 5.41) is 10.5. The van der Waals surface area contributed by atoms with Crippen molar-refractivity contribution >= 4 is 17.9 Å². The number of unbranched alkanes of at least 4 members (excludes halogenated alkanes) is 1. The third-order valence-corrected chi connectivity index (χ3v) is 8.89. The van der Waals surface area contributed by atoms with Crippen LogP contribution in [0.25, 0.3) is 0 Å². The van der Waals surface area contributed by atoms with Crippen LogP contribution in [0.15, 0.2) is 18.2 Å². The zero-order valence-corrected chi connectivity index (χ0v) is 25.4. The summed E-state index contributed by atoms with van der Waals surface area (Å²) < 4.78 is 5.69. The number of aliphatic carboxylic acids is 1. The van der Waals surface area contributed by atoms with Crippen molar-refractivity contribution in [2.45, 2.75) is 57.4 Å². The van der Waals surface area contributed by atoms with Crippen molar-refractivity contribution in [3.8, 4) is 5.75 Å². The highest BCUT2D eigenvalue weighted by Crippen LogP contribution is 2.41. The van der Waals surface area contributed by atoms with Gasteiger partial charge in [-0.1, -0.05) is 25.5 Å². The van der Waals surface area contributed by atoms with Crippen LogP contribution in [0.4, 0.5) is 4.79 Å². The van der Waals surface area contributed by atoms with Crippen LogP contribution in [0, 0.1) is 5.92 Å². The molecule has 10 nitrogen and oxygen atoms in total. The number of fused-ring (bicyclic) bond motifs is 1. The number of carboxylic acid groups (broad SMARTS) is 1. The molecular weight excluding hydrogens is 522 g/mol. The van der Waals surface area contributed by atoms with E-state index >= 15 is 0 Å². The number of carbonyl (C=O) groups is 3. The number of carboxylic acids is 1. The number of nitrogens with zero attached hydrogens (tertiary/aromatic N) is 5. The first-order chi connectivity index (χ1) is 19.7. The van der Waals surface area contributed by atoms with Crippen molar-refractivity contribution in [3.05, 3.63) is 29.3 Å². The number of carbonyl (C=O) groups excluding carboxylic acids is 2. The topological polar surface area (TPSA) is 96.9 Å². The largest absolute Gasteiger partial charge is 0.493 e. The Kier molecular flexibility index (Phi) is 10.9. The number of benzene rings is 1. The number of hydrogen-bond donors (Lipinski definition) is 1. The minimum Gasteiger partial charge on any atom is -0.493 e. The number of likely N-dealkylation sites (tertiary alicyclic amines) is 1. The van der Waals surface area contributed by atoms with Crippen LogP contribution in [0.2, 0.25) is 0 Å². The summed E-state index contributed by atoms with van der Waals surface area (Å²) in [6.45, 7) is 7.68. The predicted octanol–water partition coefficient (Wildman–Crippen LogP) is 2.82. The highest BCUT2D eigenvalue weighted by atomic mass is 16.5. The molecule has 4 rings (SSSR count). The second-order valence-corrected chi connectivity index (χ2v) is 12.2. The maximum Gasteiger partial charge on any atom is 0.319 e. The maximum absolute atomic E-state index is 13.7. The minimum absolute atomic E-state index is 0.00875. The monoisotopic (exact) mass is 571 g/mol.